The minimum absolute atomic E-state index is 0.0426. The molecule has 0 spiro atoms. The number of benzene rings is 2. The van der Waals surface area contributed by atoms with Gasteiger partial charge >= 0.3 is 0 Å². The largest absolute Gasteiger partial charge is 0.508 e. The molecule has 0 bridgehead atoms. The van der Waals surface area contributed by atoms with Crippen molar-refractivity contribution in [3.63, 3.8) is 0 Å². The van der Waals surface area contributed by atoms with Crippen LogP contribution >= 0.6 is 0 Å². The van der Waals surface area contributed by atoms with Crippen LogP contribution < -0.4 is 9.47 Å². The molecule has 5 unspecified atom stereocenters. The standard InChI is InChI=1S/C20H20O10/c21-11-2-1-8(3-13(11)23)19-14(24)6-10-12(22)4-9(5-16(10)30-19)29-20-18(27)17(26)15(25)7-28-20/h1-6,15,17-27H,7H2. The summed E-state index contributed by atoms with van der Waals surface area (Å²) in [5.41, 5.74) is 0.526. The average Bonchev–Trinajstić information content (AvgIpc) is 2.71. The summed E-state index contributed by atoms with van der Waals surface area (Å²) in [6.07, 6.45) is -5.26. The minimum atomic E-state index is -1.52. The number of aliphatic hydroxyl groups excluding tert-OH is 4. The average molecular weight is 420 g/mol. The number of phenolic OH excluding ortho intramolecular Hbond substituents is 3. The van der Waals surface area contributed by atoms with Crippen LogP contribution in [-0.4, -0.2) is 67.0 Å². The Hall–Kier alpha value is -3.18. The summed E-state index contributed by atoms with van der Waals surface area (Å²) in [4.78, 5) is 0. The van der Waals surface area contributed by atoms with E-state index in [4.69, 9.17) is 14.2 Å². The maximum absolute atomic E-state index is 10.3. The fourth-order valence-electron chi connectivity index (χ4n) is 3.27. The van der Waals surface area contributed by atoms with Gasteiger partial charge in [-0.3, -0.25) is 0 Å². The van der Waals surface area contributed by atoms with Gasteiger partial charge in [-0.1, -0.05) is 6.07 Å². The smallest absolute Gasteiger partial charge is 0.228 e. The highest BCUT2D eigenvalue weighted by molar-refractivity contribution is 5.69. The Morgan fingerprint density at radius 1 is 0.867 bits per heavy atom. The second kappa shape index (κ2) is 7.58. The third-order valence-corrected chi connectivity index (χ3v) is 4.91. The van der Waals surface area contributed by atoms with Gasteiger partial charge in [-0.2, -0.15) is 0 Å². The summed E-state index contributed by atoms with van der Waals surface area (Å²) in [6, 6.07) is 6.53. The van der Waals surface area contributed by atoms with E-state index in [0.29, 0.717) is 5.56 Å². The van der Waals surface area contributed by atoms with Crippen molar-refractivity contribution in [1.82, 2.24) is 0 Å². The normalized spacial score (nSPS) is 28.2. The summed E-state index contributed by atoms with van der Waals surface area (Å²) < 4.78 is 16.4. The van der Waals surface area contributed by atoms with Crippen LogP contribution in [-0.2, 0) is 4.74 Å². The van der Waals surface area contributed by atoms with E-state index in [2.05, 4.69) is 0 Å². The van der Waals surface area contributed by atoms with Crippen molar-refractivity contribution in [2.75, 3.05) is 6.61 Å². The van der Waals surface area contributed by atoms with Gasteiger partial charge in [0.2, 0.25) is 6.29 Å². The van der Waals surface area contributed by atoms with Crippen LogP contribution in [0.3, 0.4) is 0 Å². The number of hydrogen-bond acceptors (Lipinski definition) is 10. The zero-order valence-electron chi connectivity index (χ0n) is 15.4. The van der Waals surface area contributed by atoms with E-state index in [0.717, 1.165) is 0 Å². The van der Waals surface area contributed by atoms with E-state index < -0.39 is 30.7 Å². The van der Waals surface area contributed by atoms with E-state index in [1.165, 1.54) is 36.4 Å². The Morgan fingerprint density at radius 3 is 2.37 bits per heavy atom. The molecule has 30 heavy (non-hydrogen) atoms. The van der Waals surface area contributed by atoms with Crippen LogP contribution in [0.25, 0.3) is 6.08 Å². The predicted molar refractivity (Wildman–Crippen MR) is 100 cm³/mol. The summed E-state index contributed by atoms with van der Waals surface area (Å²) in [6.45, 7) is -0.251. The molecule has 2 aromatic rings. The van der Waals surface area contributed by atoms with Crippen molar-refractivity contribution in [2.24, 2.45) is 0 Å². The number of ether oxygens (including phenoxy) is 3. The highest BCUT2D eigenvalue weighted by Crippen LogP contribution is 2.44. The van der Waals surface area contributed by atoms with Crippen molar-refractivity contribution in [3.8, 4) is 28.7 Å². The van der Waals surface area contributed by atoms with Crippen LogP contribution in [0.5, 0.6) is 28.7 Å². The molecule has 0 aliphatic carbocycles. The fourth-order valence-corrected chi connectivity index (χ4v) is 3.27. The predicted octanol–water partition coefficient (Wildman–Crippen LogP) is 0.654. The van der Waals surface area contributed by atoms with Crippen molar-refractivity contribution in [1.29, 1.82) is 0 Å². The molecule has 0 saturated carbocycles. The third-order valence-electron chi connectivity index (χ3n) is 4.91. The molecule has 2 aliphatic heterocycles. The first-order chi connectivity index (χ1) is 14.2. The molecular weight excluding hydrogens is 400 g/mol. The van der Waals surface area contributed by atoms with Gasteiger partial charge in [0.25, 0.3) is 0 Å². The van der Waals surface area contributed by atoms with Crippen LogP contribution in [0.4, 0.5) is 0 Å². The van der Waals surface area contributed by atoms with E-state index in [-0.39, 0.29) is 46.7 Å². The van der Waals surface area contributed by atoms with Gasteiger partial charge in [-0.15, -0.1) is 0 Å². The molecule has 0 aromatic heterocycles. The molecule has 160 valence electrons. The number of phenols is 3. The van der Waals surface area contributed by atoms with Gasteiger partial charge in [0.05, 0.1) is 12.2 Å². The Bertz CT molecular complexity index is 988. The molecule has 0 radical (unpaired) electrons. The Labute approximate surface area is 170 Å². The van der Waals surface area contributed by atoms with Crippen LogP contribution in [0, 0.1) is 0 Å². The number of aromatic hydroxyl groups is 3. The Balaban J connectivity index is 1.61. The van der Waals surface area contributed by atoms with Gasteiger partial charge in [0.1, 0.15) is 41.3 Å². The lowest BCUT2D eigenvalue weighted by Gasteiger charge is -2.35. The maximum atomic E-state index is 10.3. The molecule has 1 fully saturated rings. The van der Waals surface area contributed by atoms with Crippen molar-refractivity contribution in [2.45, 2.75) is 30.7 Å². The highest BCUT2D eigenvalue weighted by atomic mass is 16.7. The quantitative estimate of drug-likeness (QED) is 0.350. The number of hydrogen-bond donors (Lipinski definition) is 7. The molecule has 7 N–H and O–H groups in total. The molecule has 10 nitrogen and oxygen atoms in total. The number of fused-ring (bicyclic) bond motifs is 1. The van der Waals surface area contributed by atoms with Gasteiger partial charge in [-0.05, 0) is 18.2 Å². The lowest BCUT2D eigenvalue weighted by molar-refractivity contribution is -0.242. The number of aliphatic hydroxyl groups is 4. The molecular formula is C20H20O10. The topological polar surface area (TPSA) is 169 Å². The molecule has 2 aromatic carbocycles. The van der Waals surface area contributed by atoms with Crippen molar-refractivity contribution >= 4 is 6.08 Å². The highest BCUT2D eigenvalue weighted by Gasteiger charge is 2.39. The summed E-state index contributed by atoms with van der Waals surface area (Å²) >= 11 is 0. The molecule has 4 rings (SSSR count). The SMILES string of the molecule is OC1=Cc2c(O)cc(OC3OCC(O)C(O)C3O)cc2OC1c1ccc(O)c(O)c1. The zero-order chi connectivity index (χ0) is 21.6. The van der Waals surface area contributed by atoms with Gasteiger partial charge in [0, 0.05) is 17.7 Å². The second-order valence-electron chi connectivity index (χ2n) is 7.04. The summed E-state index contributed by atoms with van der Waals surface area (Å²) in [7, 11) is 0. The number of rotatable bonds is 3. The molecule has 0 amide bonds. The first-order valence-corrected chi connectivity index (χ1v) is 9.03. The van der Waals surface area contributed by atoms with Crippen LogP contribution in [0.2, 0.25) is 0 Å². The van der Waals surface area contributed by atoms with E-state index >= 15 is 0 Å². The van der Waals surface area contributed by atoms with E-state index in [9.17, 15) is 35.7 Å². The second-order valence-corrected chi connectivity index (χ2v) is 7.04. The summed E-state index contributed by atoms with van der Waals surface area (Å²) in [5, 5.41) is 69.1. The zero-order valence-corrected chi connectivity index (χ0v) is 15.4. The lowest BCUT2D eigenvalue weighted by atomic mass is 10.0. The Morgan fingerprint density at radius 2 is 1.63 bits per heavy atom. The fraction of sp³-hybridized carbons (Fsp3) is 0.300. The van der Waals surface area contributed by atoms with Gasteiger partial charge in [-0.25, -0.2) is 0 Å². The molecule has 2 heterocycles. The monoisotopic (exact) mass is 420 g/mol. The molecule has 5 atom stereocenters. The van der Waals surface area contributed by atoms with E-state index in [1.807, 2.05) is 0 Å². The van der Waals surface area contributed by atoms with Crippen molar-refractivity contribution < 1.29 is 50.0 Å². The first-order valence-electron chi connectivity index (χ1n) is 9.03. The first kappa shape index (κ1) is 20.1. The van der Waals surface area contributed by atoms with E-state index in [1.54, 1.807) is 0 Å². The molecule has 1 saturated heterocycles. The minimum Gasteiger partial charge on any atom is -0.508 e. The van der Waals surface area contributed by atoms with Gasteiger partial charge < -0.3 is 50.0 Å². The lowest BCUT2D eigenvalue weighted by Crippen LogP contribution is -2.54. The third kappa shape index (κ3) is 3.57. The maximum Gasteiger partial charge on any atom is 0.228 e. The molecule has 10 heteroatoms. The van der Waals surface area contributed by atoms with Crippen LogP contribution in [0.15, 0.2) is 36.1 Å². The van der Waals surface area contributed by atoms with Crippen LogP contribution in [0.1, 0.15) is 17.2 Å². The Kier molecular flexibility index (Phi) is 5.08. The summed E-state index contributed by atoms with van der Waals surface area (Å²) in [5.74, 6) is -1.07. The van der Waals surface area contributed by atoms with Crippen molar-refractivity contribution in [3.05, 3.63) is 47.2 Å². The molecule has 2 aliphatic rings. The van der Waals surface area contributed by atoms with Gasteiger partial charge in [0.15, 0.2) is 17.6 Å².